The summed E-state index contributed by atoms with van der Waals surface area (Å²) >= 11 is 0. The third-order valence-electron chi connectivity index (χ3n) is 6.70. The van der Waals surface area contributed by atoms with Crippen molar-refractivity contribution in [2.45, 2.75) is 79.3 Å². The first-order valence-electron chi connectivity index (χ1n) is 11.8. The molecule has 3 N–H and O–H groups in total. The standard InChI is InChI=1S/C12H19NO4.C11H17NO4.CH4O2.Li.H2O/c1-5-12(2,3)9(14)10(15)13-7-6-8(13)11(16)17-4;1-4-11(2,3)8(13)9(14)12-6-5-7(12)10(15)16;1-3-2;;/h8H,5-7H2,1-4H3;7H,4-6H2,1-3H3,(H,15,16);2H,1H3;;1H2/q;;;+1;/p-1/t8-;7-;;;/m00.../s1. The molecule has 0 aromatic carbocycles. The minimum Gasteiger partial charge on any atom is -0.870 e. The Morgan fingerprint density at radius 1 is 0.789 bits per heavy atom. The molecule has 2 rings (SSSR count). The molecule has 2 saturated heterocycles. The monoisotopic (exact) mass is 540 g/mol. The van der Waals surface area contributed by atoms with Gasteiger partial charge in [-0.15, -0.1) is 0 Å². The molecular formula is C24H41LiN2O11. The number of Topliss-reactive ketones (excluding diaryl/α,β-unsaturated/α-hetero) is 2. The normalized spacial score (nSPS) is 17.7. The minimum absolute atomic E-state index is 0. The van der Waals surface area contributed by atoms with Crippen LogP contribution in [0.25, 0.3) is 0 Å². The van der Waals surface area contributed by atoms with Crippen LogP contribution in [0.1, 0.15) is 67.2 Å². The fourth-order valence-electron chi connectivity index (χ4n) is 3.06. The molecule has 0 aromatic heterocycles. The van der Waals surface area contributed by atoms with Crippen LogP contribution in [-0.4, -0.2) is 100 Å². The Bertz CT molecular complexity index is 845. The Kier molecular flexibility index (Phi) is 18.3. The third kappa shape index (κ3) is 10.1. The van der Waals surface area contributed by atoms with Crippen LogP contribution in [0.3, 0.4) is 0 Å². The molecule has 2 heterocycles. The largest absolute Gasteiger partial charge is 1.00 e. The average molecular weight is 541 g/mol. The Labute approximate surface area is 235 Å². The van der Waals surface area contributed by atoms with Crippen molar-refractivity contribution in [3.8, 4) is 0 Å². The summed E-state index contributed by atoms with van der Waals surface area (Å²) in [6, 6.07) is -1.40. The number of carboxylic acids is 1. The van der Waals surface area contributed by atoms with Crippen LogP contribution in [0.15, 0.2) is 0 Å². The summed E-state index contributed by atoms with van der Waals surface area (Å²) in [6.07, 6.45) is 2.15. The van der Waals surface area contributed by atoms with E-state index in [1.807, 2.05) is 13.8 Å². The fraction of sp³-hybridized carbons (Fsp3) is 0.750. The van der Waals surface area contributed by atoms with Gasteiger partial charge in [0.15, 0.2) is 0 Å². The Hall–Kier alpha value is -2.30. The van der Waals surface area contributed by atoms with Crippen molar-refractivity contribution in [1.29, 1.82) is 0 Å². The van der Waals surface area contributed by atoms with E-state index >= 15 is 0 Å². The van der Waals surface area contributed by atoms with Crippen molar-refractivity contribution in [3.63, 3.8) is 0 Å². The van der Waals surface area contributed by atoms with Crippen molar-refractivity contribution < 1.29 is 73.1 Å². The SMILES string of the molecule is CCC(C)(C)C(=O)C(=O)N1CC[C@H]1C(=O)O.CCC(C)(C)C(=O)C(=O)N1CC[C@H]1C(=O)OC.COO.[Li+].[OH-]. The van der Waals surface area contributed by atoms with E-state index in [1.165, 1.54) is 19.1 Å². The van der Waals surface area contributed by atoms with Crippen LogP contribution in [0.2, 0.25) is 0 Å². The average Bonchev–Trinajstić information content (AvgIpc) is 2.76. The van der Waals surface area contributed by atoms with Crippen LogP contribution >= 0.6 is 0 Å². The number of nitrogens with zero attached hydrogens (tertiary/aromatic N) is 2. The van der Waals surface area contributed by atoms with Crippen LogP contribution in [0.5, 0.6) is 0 Å². The first-order valence-corrected chi connectivity index (χ1v) is 11.8. The topological polar surface area (TPSA) is 198 Å². The molecule has 2 aliphatic heterocycles. The van der Waals surface area contributed by atoms with Gasteiger partial charge >= 0.3 is 30.8 Å². The fourth-order valence-corrected chi connectivity index (χ4v) is 3.06. The second-order valence-corrected chi connectivity index (χ2v) is 9.78. The van der Waals surface area contributed by atoms with Gasteiger partial charge in [-0.1, -0.05) is 41.5 Å². The quantitative estimate of drug-likeness (QED) is 0.118. The van der Waals surface area contributed by atoms with Crippen molar-refractivity contribution in [2.75, 3.05) is 27.3 Å². The van der Waals surface area contributed by atoms with E-state index in [0.717, 1.165) is 4.90 Å². The van der Waals surface area contributed by atoms with E-state index in [4.69, 9.17) is 10.4 Å². The van der Waals surface area contributed by atoms with Gasteiger partial charge in [0.2, 0.25) is 11.6 Å². The van der Waals surface area contributed by atoms with Crippen molar-refractivity contribution in [1.82, 2.24) is 9.80 Å². The third-order valence-corrected chi connectivity index (χ3v) is 6.70. The van der Waals surface area contributed by atoms with E-state index in [1.54, 1.807) is 27.7 Å². The number of rotatable bonds is 8. The van der Waals surface area contributed by atoms with E-state index in [9.17, 15) is 28.8 Å². The molecule has 0 unspecified atom stereocenters. The number of ether oxygens (including phenoxy) is 1. The molecule has 2 atom stereocenters. The van der Waals surface area contributed by atoms with Gasteiger partial charge in [0, 0.05) is 23.9 Å². The summed E-state index contributed by atoms with van der Waals surface area (Å²) in [4.78, 5) is 75.2. The van der Waals surface area contributed by atoms with Crippen LogP contribution in [0.4, 0.5) is 0 Å². The Morgan fingerprint density at radius 2 is 1.11 bits per heavy atom. The summed E-state index contributed by atoms with van der Waals surface area (Å²) in [7, 11) is 2.46. The number of carbonyl (C=O) groups is 6. The van der Waals surface area contributed by atoms with Crippen molar-refractivity contribution in [2.24, 2.45) is 10.8 Å². The maximum absolute atomic E-state index is 11.9. The second-order valence-electron chi connectivity index (χ2n) is 9.78. The Morgan fingerprint density at radius 3 is 1.32 bits per heavy atom. The maximum atomic E-state index is 11.9. The summed E-state index contributed by atoms with van der Waals surface area (Å²) < 4.78 is 4.58. The molecule has 38 heavy (non-hydrogen) atoms. The van der Waals surface area contributed by atoms with E-state index in [0.29, 0.717) is 38.8 Å². The molecule has 2 aliphatic rings. The number of methoxy groups -OCH3 is 1. The van der Waals surface area contributed by atoms with E-state index in [2.05, 4.69) is 9.62 Å². The first-order chi connectivity index (χ1) is 16.6. The molecule has 0 aromatic rings. The zero-order valence-electron chi connectivity index (χ0n) is 23.9. The zero-order valence-corrected chi connectivity index (χ0v) is 23.9. The number of hydrogen-bond acceptors (Lipinski definition) is 10. The minimum atomic E-state index is -1.04. The molecule has 0 saturated carbocycles. The van der Waals surface area contributed by atoms with Crippen molar-refractivity contribution in [3.05, 3.63) is 0 Å². The molecule has 0 radical (unpaired) electrons. The number of ketones is 2. The van der Waals surface area contributed by atoms with Crippen molar-refractivity contribution >= 4 is 35.3 Å². The number of amides is 2. The van der Waals surface area contributed by atoms with Gasteiger partial charge in [-0.2, -0.15) is 0 Å². The number of esters is 1. The molecule has 14 heteroatoms. The van der Waals surface area contributed by atoms with E-state index in [-0.39, 0.29) is 24.3 Å². The van der Waals surface area contributed by atoms with Crippen LogP contribution in [-0.2, 0) is 38.4 Å². The summed E-state index contributed by atoms with van der Waals surface area (Å²) in [5.41, 5.74) is -1.39. The first kappa shape index (κ1) is 40.2. The van der Waals surface area contributed by atoms with E-state index < -0.39 is 58.2 Å². The summed E-state index contributed by atoms with van der Waals surface area (Å²) in [6.45, 7) is 11.4. The van der Waals surface area contributed by atoms with Gasteiger partial charge < -0.3 is 25.1 Å². The predicted molar refractivity (Wildman–Crippen MR) is 130 cm³/mol. The van der Waals surface area contributed by atoms with Crippen LogP contribution in [0, 0.1) is 10.8 Å². The van der Waals surface area contributed by atoms with Gasteiger partial charge in [-0.25, -0.2) is 14.5 Å². The summed E-state index contributed by atoms with van der Waals surface area (Å²) in [5, 5.41) is 15.9. The maximum Gasteiger partial charge on any atom is 1.00 e. The van der Waals surface area contributed by atoms with Gasteiger partial charge in [-0.05, 0) is 25.7 Å². The van der Waals surface area contributed by atoms with Gasteiger partial charge in [0.25, 0.3) is 11.8 Å². The molecule has 2 amide bonds. The number of likely N-dealkylation sites (tertiary alicyclic amines) is 2. The van der Waals surface area contributed by atoms with Gasteiger partial charge in [0.1, 0.15) is 12.1 Å². The zero-order chi connectivity index (χ0) is 28.4. The molecule has 0 bridgehead atoms. The smallest absolute Gasteiger partial charge is 0.870 e. The molecule has 13 nitrogen and oxygen atoms in total. The van der Waals surface area contributed by atoms with Gasteiger partial charge in [0.05, 0.1) is 14.2 Å². The predicted octanol–water partition coefficient (Wildman–Crippen LogP) is -1.62. The second kappa shape index (κ2) is 17.3. The van der Waals surface area contributed by atoms with Crippen LogP contribution < -0.4 is 18.9 Å². The number of aliphatic carboxylic acids is 1. The van der Waals surface area contributed by atoms with Gasteiger partial charge in [-0.3, -0.25) is 24.4 Å². The Balaban J connectivity index is -0.000000558. The number of carbonyl (C=O) groups excluding carboxylic acids is 5. The molecule has 214 valence electrons. The number of hydrogen-bond donors (Lipinski definition) is 2. The number of carboxylic acid groups (broad SMARTS) is 1. The molecular weight excluding hydrogens is 499 g/mol. The molecule has 0 spiro atoms. The molecule has 2 fully saturated rings. The summed E-state index contributed by atoms with van der Waals surface area (Å²) in [5.74, 6) is -3.66. The molecule has 0 aliphatic carbocycles.